The molecule has 5 saturated carbocycles. The van der Waals surface area contributed by atoms with E-state index in [4.69, 9.17) is 0 Å². The second-order valence-electron chi connectivity index (χ2n) is 7.25. The Balaban J connectivity index is 1.47. The summed E-state index contributed by atoms with van der Waals surface area (Å²) in [5, 5.41) is 4.02. The van der Waals surface area contributed by atoms with Crippen molar-refractivity contribution in [2.24, 2.45) is 29.6 Å². The second-order valence-corrected chi connectivity index (χ2v) is 7.25. The minimum absolute atomic E-state index is 0.808. The summed E-state index contributed by atoms with van der Waals surface area (Å²) in [5.74, 6) is 5.38. The molecule has 1 N–H and O–H groups in total. The molecule has 1 nitrogen and oxygen atoms in total. The number of rotatable bonds is 3. The van der Waals surface area contributed by atoms with Gasteiger partial charge in [-0.2, -0.15) is 0 Å². The van der Waals surface area contributed by atoms with Crippen LogP contribution in [0.4, 0.5) is 0 Å². The van der Waals surface area contributed by atoms with Crippen molar-refractivity contribution in [2.75, 3.05) is 0 Å². The summed E-state index contributed by atoms with van der Waals surface area (Å²) in [5.41, 5.74) is 0. The van der Waals surface area contributed by atoms with Crippen LogP contribution < -0.4 is 5.32 Å². The molecule has 5 fully saturated rings. The SMILES string of the molecule is CC(NC1C2CC3CC(C2)CC1C3)C1CC1. The van der Waals surface area contributed by atoms with Crippen LogP contribution in [0.15, 0.2) is 0 Å². The van der Waals surface area contributed by atoms with Gasteiger partial charge in [-0.15, -0.1) is 0 Å². The quantitative estimate of drug-likeness (QED) is 0.768. The van der Waals surface area contributed by atoms with Gasteiger partial charge in [0.05, 0.1) is 0 Å². The molecule has 4 bridgehead atoms. The van der Waals surface area contributed by atoms with E-state index in [2.05, 4.69) is 12.2 Å². The normalized spacial score (nSPS) is 51.9. The Labute approximate surface area is 99.4 Å². The molecular formula is C15H25N. The Kier molecular flexibility index (Phi) is 2.16. The summed E-state index contributed by atoms with van der Waals surface area (Å²) >= 11 is 0. The van der Waals surface area contributed by atoms with Crippen molar-refractivity contribution in [3.63, 3.8) is 0 Å². The molecule has 0 saturated heterocycles. The molecule has 90 valence electrons. The standard InChI is InChI=1S/C15H25N/c1-9(12-2-3-12)16-15-13-5-10-4-11(7-13)8-14(15)6-10/h9-16H,2-8H2,1H3. The number of nitrogens with one attached hydrogen (secondary N) is 1. The lowest BCUT2D eigenvalue weighted by atomic mass is 9.54. The molecule has 16 heavy (non-hydrogen) atoms. The first-order valence-electron chi connectivity index (χ1n) is 7.55. The fraction of sp³-hybridized carbons (Fsp3) is 1.00. The van der Waals surface area contributed by atoms with Crippen LogP contribution in [0.2, 0.25) is 0 Å². The third-order valence-electron chi connectivity index (χ3n) is 6.01. The van der Waals surface area contributed by atoms with Crippen LogP contribution >= 0.6 is 0 Å². The van der Waals surface area contributed by atoms with Crippen LogP contribution in [0.5, 0.6) is 0 Å². The van der Waals surface area contributed by atoms with Crippen LogP contribution in [0.25, 0.3) is 0 Å². The Bertz CT molecular complexity index is 253. The average Bonchev–Trinajstić information content (AvgIpc) is 3.05. The van der Waals surface area contributed by atoms with Crippen LogP contribution in [-0.4, -0.2) is 12.1 Å². The Hall–Kier alpha value is -0.0400. The first-order chi connectivity index (χ1) is 7.79. The molecule has 1 atom stereocenters. The summed E-state index contributed by atoms with van der Waals surface area (Å²) in [7, 11) is 0. The molecule has 0 radical (unpaired) electrons. The highest BCUT2D eigenvalue weighted by Gasteiger charge is 2.48. The van der Waals surface area contributed by atoms with Crippen LogP contribution in [0.3, 0.4) is 0 Å². The maximum Gasteiger partial charge on any atom is 0.0127 e. The smallest absolute Gasteiger partial charge is 0.0127 e. The zero-order valence-electron chi connectivity index (χ0n) is 10.5. The third-order valence-corrected chi connectivity index (χ3v) is 6.01. The molecule has 5 rings (SSSR count). The lowest BCUT2D eigenvalue weighted by Gasteiger charge is -2.55. The minimum atomic E-state index is 0.808. The summed E-state index contributed by atoms with van der Waals surface area (Å²) < 4.78 is 0. The number of hydrogen-bond donors (Lipinski definition) is 1. The van der Waals surface area contributed by atoms with Gasteiger partial charge in [0.2, 0.25) is 0 Å². The van der Waals surface area contributed by atoms with Crippen molar-refractivity contribution in [3.8, 4) is 0 Å². The monoisotopic (exact) mass is 219 g/mol. The summed E-state index contributed by atoms with van der Waals surface area (Å²) in [4.78, 5) is 0. The molecule has 0 heterocycles. The molecule has 5 aliphatic rings. The van der Waals surface area contributed by atoms with Gasteiger partial charge in [-0.3, -0.25) is 0 Å². The molecule has 1 unspecified atom stereocenters. The van der Waals surface area contributed by atoms with E-state index in [1.54, 1.807) is 32.1 Å². The predicted molar refractivity (Wildman–Crippen MR) is 66.2 cm³/mol. The molecule has 0 aliphatic heterocycles. The highest BCUT2D eigenvalue weighted by molar-refractivity contribution is 5.02. The van der Waals surface area contributed by atoms with E-state index in [0.29, 0.717) is 0 Å². The Morgan fingerprint density at radius 1 is 0.875 bits per heavy atom. The van der Waals surface area contributed by atoms with Crippen LogP contribution in [-0.2, 0) is 0 Å². The van der Waals surface area contributed by atoms with Gasteiger partial charge in [0.1, 0.15) is 0 Å². The Morgan fingerprint density at radius 3 is 1.94 bits per heavy atom. The molecule has 0 aromatic carbocycles. The third kappa shape index (κ3) is 1.54. The summed E-state index contributed by atoms with van der Waals surface area (Å²) in [6, 6.07) is 1.71. The summed E-state index contributed by atoms with van der Waals surface area (Å²) in [6.45, 7) is 2.43. The highest BCUT2D eigenvalue weighted by atomic mass is 15.0. The van der Waals surface area contributed by atoms with Crippen molar-refractivity contribution in [1.29, 1.82) is 0 Å². The zero-order chi connectivity index (χ0) is 10.7. The zero-order valence-corrected chi connectivity index (χ0v) is 10.5. The van der Waals surface area contributed by atoms with E-state index >= 15 is 0 Å². The Morgan fingerprint density at radius 2 is 1.44 bits per heavy atom. The van der Waals surface area contributed by atoms with Gasteiger partial charge in [0.25, 0.3) is 0 Å². The van der Waals surface area contributed by atoms with Gasteiger partial charge in [-0.05, 0) is 81.5 Å². The van der Waals surface area contributed by atoms with Gasteiger partial charge in [0.15, 0.2) is 0 Å². The molecular weight excluding hydrogens is 194 g/mol. The van der Waals surface area contributed by atoms with Gasteiger partial charge in [-0.25, -0.2) is 0 Å². The van der Waals surface area contributed by atoms with E-state index in [9.17, 15) is 0 Å². The minimum Gasteiger partial charge on any atom is -0.311 e. The van der Waals surface area contributed by atoms with Crippen molar-refractivity contribution >= 4 is 0 Å². The molecule has 0 amide bonds. The second kappa shape index (κ2) is 3.48. The van der Waals surface area contributed by atoms with Crippen molar-refractivity contribution in [2.45, 2.75) is 64.0 Å². The molecule has 1 heteroatoms. The molecule has 0 aromatic heterocycles. The summed E-state index contributed by atoms with van der Waals surface area (Å²) in [6.07, 6.45) is 10.8. The van der Waals surface area contributed by atoms with Crippen LogP contribution in [0.1, 0.15) is 51.9 Å². The fourth-order valence-electron chi connectivity index (χ4n) is 5.23. The van der Waals surface area contributed by atoms with E-state index in [1.807, 2.05) is 0 Å². The maximum atomic E-state index is 4.02. The van der Waals surface area contributed by atoms with E-state index in [-0.39, 0.29) is 0 Å². The maximum absolute atomic E-state index is 4.02. The van der Waals surface area contributed by atoms with E-state index in [1.165, 1.54) is 12.8 Å². The highest BCUT2D eigenvalue weighted by Crippen LogP contribution is 2.54. The van der Waals surface area contributed by atoms with Crippen molar-refractivity contribution in [3.05, 3.63) is 0 Å². The van der Waals surface area contributed by atoms with Gasteiger partial charge in [0, 0.05) is 12.1 Å². The van der Waals surface area contributed by atoms with Gasteiger partial charge in [-0.1, -0.05) is 0 Å². The first-order valence-corrected chi connectivity index (χ1v) is 7.55. The van der Waals surface area contributed by atoms with Gasteiger partial charge >= 0.3 is 0 Å². The first kappa shape index (κ1) is 9.94. The van der Waals surface area contributed by atoms with Gasteiger partial charge < -0.3 is 5.32 Å². The fourth-order valence-corrected chi connectivity index (χ4v) is 5.23. The molecule has 5 aliphatic carbocycles. The lowest BCUT2D eigenvalue weighted by Crippen LogP contribution is -2.56. The topological polar surface area (TPSA) is 12.0 Å². The van der Waals surface area contributed by atoms with E-state index in [0.717, 1.165) is 41.7 Å². The predicted octanol–water partition coefficient (Wildman–Crippen LogP) is 3.20. The largest absolute Gasteiger partial charge is 0.311 e. The van der Waals surface area contributed by atoms with E-state index < -0.39 is 0 Å². The molecule has 0 spiro atoms. The number of hydrogen-bond acceptors (Lipinski definition) is 1. The van der Waals surface area contributed by atoms with Crippen molar-refractivity contribution in [1.82, 2.24) is 5.32 Å². The van der Waals surface area contributed by atoms with Crippen molar-refractivity contribution < 1.29 is 0 Å². The average molecular weight is 219 g/mol. The molecule has 0 aromatic rings. The lowest BCUT2D eigenvalue weighted by molar-refractivity contribution is -0.0178. The van der Waals surface area contributed by atoms with Crippen LogP contribution in [0, 0.1) is 29.6 Å².